The van der Waals surface area contributed by atoms with Crippen molar-refractivity contribution in [3.05, 3.63) is 12.3 Å². The number of aromatic nitrogens is 4. The highest BCUT2D eigenvalue weighted by Gasteiger charge is 2.40. The van der Waals surface area contributed by atoms with Gasteiger partial charge >= 0.3 is 0 Å². The fourth-order valence-electron chi connectivity index (χ4n) is 2.20. The maximum Gasteiger partial charge on any atom is 0.178 e. The zero-order valence-electron chi connectivity index (χ0n) is 8.83. The molecule has 1 aliphatic rings. The molecule has 16 heavy (non-hydrogen) atoms. The van der Waals surface area contributed by atoms with Gasteiger partial charge in [-0.1, -0.05) is 5.21 Å². The van der Waals surface area contributed by atoms with Crippen molar-refractivity contribution in [1.29, 1.82) is 0 Å². The predicted molar refractivity (Wildman–Crippen MR) is 55.9 cm³/mol. The monoisotopic (exact) mass is 220 g/mol. The Morgan fingerprint density at radius 1 is 1.50 bits per heavy atom. The zero-order valence-corrected chi connectivity index (χ0v) is 8.83. The van der Waals surface area contributed by atoms with Gasteiger partial charge in [-0.25, -0.2) is 9.67 Å². The van der Waals surface area contributed by atoms with E-state index < -0.39 is 5.60 Å². The van der Waals surface area contributed by atoms with Gasteiger partial charge in [-0.05, 0) is 19.8 Å². The Bertz CT molecular complexity index is 541. The summed E-state index contributed by atoms with van der Waals surface area (Å²) in [5.41, 5.74) is 0.629. The average Bonchev–Trinajstić information content (AvgIpc) is 2.56. The summed E-state index contributed by atoms with van der Waals surface area (Å²) in [4.78, 5) is 4.10. The van der Waals surface area contributed by atoms with E-state index in [4.69, 9.17) is 0 Å². The van der Waals surface area contributed by atoms with Crippen molar-refractivity contribution < 1.29 is 10.2 Å². The van der Waals surface area contributed by atoms with Crippen LogP contribution in [-0.4, -0.2) is 35.8 Å². The Morgan fingerprint density at radius 3 is 2.94 bits per heavy atom. The highest BCUT2D eigenvalue weighted by Crippen LogP contribution is 2.41. The second-order valence-electron chi connectivity index (χ2n) is 4.63. The van der Waals surface area contributed by atoms with Gasteiger partial charge in [-0.15, -0.1) is 5.10 Å². The third-order valence-electron chi connectivity index (χ3n) is 3.00. The van der Waals surface area contributed by atoms with Crippen LogP contribution in [0.2, 0.25) is 0 Å². The van der Waals surface area contributed by atoms with E-state index in [1.54, 1.807) is 4.68 Å². The summed E-state index contributed by atoms with van der Waals surface area (Å²) in [7, 11) is 0. The second kappa shape index (κ2) is 2.91. The summed E-state index contributed by atoms with van der Waals surface area (Å²) in [6.07, 6.45) is 2.70. The maximum absolute atomic E-state index is 9.68. The molecule has 6 nitrogen and oxygen atoms in total. The lowest BCUT2D eigenvalue weighted by molar-refractivity contribution is -0.0536. The molecular formula is C10H12N4O2. The molecule has 0 unspecified atom stereocenters. The molecule has 1 fully saturated rings. The van der Waals surface area contributed by atoms with Crippen LogP contribution in [0.25, 0.3) is 11.2 Å². The lowest BCUT2D eigenvalue weighted by Crippen LogP contribution is -2.42. The van der Waals surface area contributed by atoms with E-state index in [-0.39, 0.29) is 11.8 Å². The zero-order chi connectivity index (χ0) is 11.3. The standard InChI is InChI=1S/C10H12N4O2/c1-10(16)3-6(4-10)14-9-8(12-13-14)2-7(15)5-11-9/h2,5-6,15-16H,3-4H2,1H3/t6-,10+. The maximum atomic E-state index is 9.68. The summed E-state index contributed by atoms with van der Waals surface area (Å²) in [5.74, 6) is 0.0835. The van der Waals surface area contributed by atoms with Gasteiger partial charge in [-0.3, -0.25) is 0 Å². The van der Waals surface area contributed by atoms with Crippen LogP contribution in [0.15, 0.2) is 12.3 Å². The van der Waals surface area contributed by atoms with Crippen molar-refractivity contribution in [2.75, 3.05) is 0 Å². The number of fused-ring (bicyclic) bond motifs is 1. The first kappa shape index (κ1) is 9.53. The summed E-state index contributed by atoms with van der Waals surface area (Å²) in [5, 5.41) is 26.9. The molecule has 2 aromatic rings. The average molecular weight is 220 g/mol. The lowest BCUT2D eigenvalue weighted by atomic mass is 9.77. The number of pyridine rings is 1. The van der Waals surface area contributed by atoms with Crippen LogP contribution in [0.1, 0.15) is 25.8 Å². The second-order valence-corrected chi connectivity index (χ2v) is 4.63. The number of nitrogens with zero attached hydrogens (tertiary/aromatic N) is 4. The molecule has 2 N–H and O–H groups in total. The quantitative estimate of drug-likeness (QED) is 0.735. The highest BCUT2D eigenvalue weighted by atomic mass is 16.3. The van der Waals surface area contributed by atoms with Crippen molar-refractivity contribution in [3.8, 4) is 5.75 Å². The Hall–Kier alpha value is -1.69. The minimum atomic E-state index is -0.597. The molecule has 0 bridgehead atoms. The first-order valence-corrected chi connectivity index (χ1v) is 5.17. The predicted octanol–water partition coefficient (Wildman–Crippen LogP) is 0.618. The normalized spacial score (nSPS) is 29.2. The van der Waals surface area contributed by atoms with Gasteiger partial charge in [0.1, 0.15) is 11.3 Å². The Labute approximate surface area is 91.5 Å². The summed E-state index contributed by atoms with van der Waals surface area (Å²) >= 11 is 0. The number of rotatable bonds is 1. The third-order valence-corrected chi connectivity index (χ3v) is 3.00. The molecule has 0 aliphatic heterocycles. The van der Waals surface area contributed by atoms with Crippen LogP contribution >= 0.6 is 0 Å². The van der Waals surface area contributed by atoms with Gasteiger partial charge in [0.05, 0.1) is 17.8 Å². The number of aromatic hydroxyl groups is 1. The Kier molecular flexibility index (Phi) is 1.74. The molecule has 6 heteroatoms. The van der Waals surface area contributed by atoms with Crippen LogP contribution in [0.4, 0.5) is 0 Å². The van der Waals surface area contributed by atoms with Crippen LogP contribution in [-0.2, 0) is 0 Å². The minimum absolute atomic E-state index is 0.0835. The van der Waals surface area contributed by atoms with E-state index in [0.29, 0.717) is 24.0 Å². The minimum Gasteiger partial charge on any atom is -0.506 e. The molecule has 2 heterocycles. The van der Waals surface area contributed by atoms with Crippen molar-refractivity contribution in [2.45, 2.75) is 31.4 Å². The van der Waals surface area contributed by atoms with E-state index in [9.17, 15) is 10.2 Å². The lowest BCUT2D eigenvalue weighted by Gasteiger charge is -2.40. The van der Waals surface area contributed by atoms with Gasteiger partial charge < -0.3 is 10.2 Å². The molecule has 0 aromatic carbocycles. The number of hydrogen-bond acceptors (Lipinski definition) is 5. The number of hydrogen-bond donors (Lipinski definition) is 2. The summed E-state index contributed by atoms with van der Waals surface area (Å²) < 4.78 is 1.72. The first-order valence-electron chi connectivity index (χ1n) is 5.17. The molecule has 0 amide bonds. The number of aliphatic hydroxyl groups is 1. The van der Waals surface area contributed by atoms with Crippen molar-refractivity contribution >= 4 is 11.2 Å². The van der Waals surface area contributed by atoms with E-state index in [2.05, 4.69) is 15.3 Å². The molecule has 1 aliphatic carbocycles. The smallest absolute Gasteiger partial charge is 0.178 e. The SMILES string of the molecule is C[C@]1(O)C[C@@H](n2nnc3cc(O)cnc32)C1. The van der Waals surface area contributed by atoms with Gasteiger partial charge in [0, 0.05) is 6.07 Å². The van der Waals surface area contributed by atoms with Crippen molar-refractivity contribution in [3.63, 3.8) is 0 Å². The van der Waals surface area contributed by atoms with Crippen LogP contribution < -0.4 is 0 Å². The van der Waals surface area contributed by atoms with E-state index >= 15 is 0 Å². The molecule has 2 aromatic heterocycles. The molecular weight excluding hydrogens is 208 g/mol. The van der Waals surface area contributed by atoms with Gasteiger partial charge in [-0.2, -0.15) is 0 Å². The topological polar surface area (TPSA) is 84.1 Å². The van der Waals surface area contributed by atoms with Gasteiger partial charge in [0.2, 0.25) is 0 Å². The molecule has 0 saturated heterocycles. The molecule has 0 spiro atoms. The van der Waals surface area contributed by atoms with Crippen LogP contribution in [0.5, 0.6) is 5.75 Å². The van der Waals surface area contributed by atoms with Gasteiger partial charge in [0.15, 0.2) is 5.65 Å². The molecule has 84 valence electrons. The molecule has 0 radical (unpaired) electrons. The van der Waals surface area contributed by atoms with E-state index in [1.165, 1.54) is 12.3 Å². The van der Waals surface area contributed by atoms with Crippen LogP contribution in [0.3, 0.4) is 0 Å². The Balaban J connectivity index is 2.00. The fraction of sp³-hybridized carbons (Fsp3) is 0.500. The van der Waals surface area contributed by atoms with Crippen molar-refractivity contribution in [1.82, 2.24) is 20.0 Å². The van der Waals surface area contributed by atoms with E-state index in [0.717, 1.165) is 0 Å². The molecule has 0 atom stereocenters. The Morgan fingerprint density at radius 2 is 2.25 bits per heavy atom. The highest BCUT2D eigenvalue weighted by molar-refractivity contribution is 5.71. The summed E-state index contributed by atoms with van der Waals surface area (Å²) in [6, 6.07) is 1.68. The van der Waals surface area contributed by atoms with Crippen molar-refractivity contribution in [2.24, 2.45) is 0 Å². The first-order chi connectivity index (χ1) is 7.55. The fourth-order valence-corrected chi connectivity index (χ4v) is 2.20. The third kappa shape index (κ3) is 1.34. The summed E-state index contributed by atoms with van der Waals surface area (Å²) in [6.45, 7) is 1.81. The van der Waals surface area contributed by atoms with E-state index in [1.807, 2.05) is 6.92 Å². The van der Waals surface area contributed by atoms with Gasteiger partial charge in [0.25, 0.3) is 0 Å². The molecule has 3 rings (SSSR count). The van der Waals surface area contributed by atoms with Crippen LogP contribution in [0, 0.1) is 0 Å². The largest absolute Gasteiger partial charge is 0.506 e. The molecule has 1 saturated carbocycles.